The molecule has 0 spiro atoms. The number of nitrogens with two attached hydrogens (primary N) is 1. The predicted molar refractivity (Wildman–Crippen MR) is 88.7 cm³/mol. The van der Waals surface area contributed by atoms with Crippen molar-refractivity contribution in [1.29, 1.82) is 0 Å². The van der Waals surface area contributed by atoms with Crippen molar-refractivity contribution in [3.05, 3.63) is 59.7 Å². The summed E-state index contributed by atoms with van der Waals surface area (Å²) in [6.07, 6.45) is -4.75. The summed E-state index contributed by atoms with van der Waals surface area (Å²) in [5.41, 5.74) is 6.40. The van der Waals surface area contributed by atoms with Gasteiger partial charge < -0.3 is 21.1 Å². The second-order valence-corrected chi connectivity index (χ2v) is 5.38. The monoisotopic (exact) mass is 367 g/mol. The Morgan fingerprint density at radius 3 is 2.12 bits per heavy atom. The number of rotatable bonds is 5. The largest absolute Gasteiger partial charge is 0.573 e. The summed E-state index contributed by atoms with van der Waals surface area (Å²) in [5, 5.41) is 5.10. The third-order valence-corrected chi connectivity index (χ3v) is 3.38. The number of hydrogen-bond donors (Lipinski definition) is 3. The Bertz CT molecular complexity index is 775. The summed E-state index contributed by atoms with van der Waals surface area (Å²) < 4.78 is 40.2. The van der Waals surface area contributed by atoms with Crippen molar-refractivity contribution in [1.82, 2.24) is 5.32 Å². The third-order valence-electron chi connectivity index (χ3n) is 3.38. The minimum Gasteiger partial charge on any atom is -0.406 e. The molecule has 9 heteroatoms. The first-order chi connectivity index (χ1) is 12.1. The smallest absolute Gasteiger partial charge is 0.406 e. The number of nitrogens with one attached hydrogen (secondary N) is 2. The lowest BCUT2D eigenvalue weighted by molar-refractivity contribution is -0.274. The maximum atomic E-state index is 12.2. The van der Waals surface area contributed by atoms with Gasteiger partial charge in [0.1, 0.15) is 5.75 Å². The maximum Gasteiger partial charge on any atom is 0.573 e. The normalized spacial score (nSPS) is 12.2. The fraction of sp³-hybridized carbons (Fsp3) is 0.176. The fourth-order valence-corrected chi connectivity index (χ4v) is 2.17. The van der Waals surface area contributed by atoms with Gasteiger partial charge in [0, 0.05) is 11.3 Å². The molecule has 26 heavy (non-hydrogen) atoms. The summed E-state index contributed by atoms with van der Waals surface area (Å²) in [7, 11) is 0. The molecule has 2 aromatic rings. The van der Waals surface area contributed by atoms with E-state index in [-0.39, 0.29) is 11.7 Å². The summed E-state index contributed by atoms with van der Waals surface area (Å²) in [6.45, 7) is 1.69. The van der Waals surface area contributed by atoms with Gasteiger partial charge in [-0.05, 0) is 48.9 Å². The molecular formula is C17H16F3N3O3. The molecule has 4 N–H and O–H groups in total. The predicted octanol–water partition coefficient (Wildman–Crippen LogP) is 3.57. The number of amides is 3. The second kappa shape index (κ2) is 7.77. The van der Waals surface area contributed by atoms with Crippen LogP contribution in [-0.2, 0) is 0 Å². The first-order valence-electron chi connectivity index (χ1n) is 7.47. The van der Waals surface area contributed by atoms with Crippen LogP contribution in [0.1, 0.15) is 28.9 Å². The van der Waals surface area contributed by atoms with E-state index < -0.39 is 18.4 Å². The van der Waals surface area contributed by atoms with Crippen LogP contribution in [0.15, 0.2) is 48.5 Å². The number of halogens is 3. The van der Waals surface area contributed by atoms with E-state index in [1.165, 1.54) is 48.5 Å². The molecule has 0 radical (unpaired) electrons. The van der Waals surface area contributed by atoms with Crippen molar-refractivity contribution in [2.24, 2.45) is 5.73 Å². The molecule has 2 aromatic carbocycles. The van der Waals surface area contributed by atoms with Gasteiger partial charge in [0.15, 0.2) is 0 Å². The molecule has 1 atom stereocenters. The minimum absolute atomic E-state index is 0.336. The molecular weight excluding hydrogens is 351 g/mol. The Balaban J connectivity index is 1.99. The number of carbonyl (C=O) groups excluding carboxylic acids is 2. The fourth-order valence-electron chi connectivity index (χ4n) is 2.17. The minimum atomic E-state index is -4.75. The van der Waals surface area contributed by atoms with Gasteiger partial charge in [-0.25, -0.2) is 4.79 Å². The maximum absolute atomic E-state index is 12.2. The quantitative estimate of drug-likeness (QED) is 0.754. The van der Waals surface area contributed by atoms with E-state index in [2.05, 4.69) is 15.4 Å². The van der Waals surface area contributed by atoms with Crippen LogP contribution < -0.4 is 21.1 Å². The third kappa shape index (κ3) is 5.69. The lowest BCUT2D eigenvalue weighted by Gasteiger charge is -2.15. The second-order valence-electron chi connectivity index (χ2n) is 5.38. The highest BCUT2D eigenvalue weighted by Gasteiger charge is 2.31. The summed E-state index contributed by atoms with van der Waals surface area (Å²) in [6, 6.07) is 10.1. The van der Waals surface area contributed by atoms with Gasteiger partial charge in [0.2, 0.25) is 0 Å². The number of carbonyl (C=O) groups is 2. The van der Waals surface area contributed by atoms with Gasteiger partial charge in [-0.1, -0.05) is 12.1 Å². The van der Waals surface area contributed by atoms with Crippen molar-refractivity contribution in [3.63, 3.8) is 0 Å². The molecule has 0 fully saturated rings. The van der Waals surface area contributed by atoms with Crippen LogP contribution >= 0.6 is 0 Å². The van der Waals surface area contributed by atoms with Gasteiger partial charge in [-0.15, -0.1) is 13.2 Å². The van der Waals surface area contributed by atoms with Gasteiger partial charge >= 0.3 is 12.4 Å². The van der Waals surface area contributed by atoms with Gasteiger partial charge in [0.05, 0.1) is 6.04 Å². The molecule has 6 nitrogen and oxygen atoms in total. The number of primary amides is 1. The van der Waals surface area contributed by atoms with Gasteiger partial charge in [0.25, 0.3) is 5.91 Å². The van der Waals surface area contributed by atoms with Crippen LogP contribution in [0.4, 0.5) is 23.7 Å². The number of hydrogen-bond acceptors (Lipinski definition) is 3. The highest BCUT2D eigenvalue weighted by Crippen LogP contribution is 2.24. The molecule has 2 rings (SSSR count). The van der Waals surface area contributed by atoms with E-state index in [9.17, 15) is 22.8 Å². The van der Waals surface area contributed by atoms with E-state index in [0.717, 1.165) is 0 Å². The van der Waals surface area contributed by atoms with Crippen LogP contribution in [0, 0.1) is 0 Å². The van der Waals surface area contributed by atoms with Crippen molar-refractivity contribution in [3.8, 4) is 5.75 Å². The Labute approximate surface area is 147 Å². The average molecular weight is 367 g/mol. The van der Waals surface area contributed by atoms with E-state index in [4.69, 9.17) is 5.73 Å². The van der Waals surface area contributed by atoms with Crippen LogP contribution in [0.25, 0.3) is 0 Å². The molecule has 0 aliphatic carbocycles. The number of urea groups is 1. The highest BCUT2D eigenvalue weighted by molar-refractivity contribution is 5.95. The molecule has 0 heterocycles. The van der Waals surface area contributed by atoms with Crippen LogP contribution in [0.3, 0.4) is 0 Å². The highest BCUT2D eigenvalue weighted by atomic mass is 19.4. The number of alkyl halides is 3. The molecule has 3 amide bonds. The van der Waals surface area contributed by atoms with E-state index in [1.807, 2.05) is 0 Å². The van der Waals surface area contributed by atoms with Crippen LogP contribution in [0.5, 0.6) is 5.75 Å². The Hall–Kier alpha value is -3.23. The SMILES string of the molecule is C[C@@H](NC(=O)c1ccc(NC(N)=O)cc1)c1ccc(OC(F)(F)F)cc1. The summed E-state index contributed by atoms with van der Waals surface area (Å²) in [4.78, 5) is 23.0. The molecule has 0 saturated heterocycles. The number of ether oxygens (including phenoxy) is 1. The average Bonchev–Trinajstić information content (AvgIpc) is 2.54. The topological polar surface area (TPSA) is 93.5 Å². The van der Waals surface area contributed by atoms with Gasteiger partial charge in [-0.2, -0.15) is 0 Å². The Morgan fingerprint density at radius 1 is 1.04 bits per heavy atom. The molecule has 0 aliphatic heterocycles. The van der Waals surface area contributed by atoms with Crippen molar-refractivity contribution < 1.29 is 27.5 Å². The zero-order chi connectivity index (χ0) is 19.3. The lowest BCUT2D eigenvalue weighted by Crippen LogP contribution is -2.26. The van der Waals surface area contributed by atoms with E-state index >= 15 is 0 Å². The molecule has 0 aromatic heterocycles. The first-order valence-corrected chi connectivity index (χ1v) is 7.47. The van der Waals surface area contributed by atoms with E-state index in [0.29, 0.717) is 16.8 Å². The molecule has 0 unspecified atom stereocenters. The number of anilines is 1. The van der Waals surface area contributed by atoms with Crippen LogP contribution in [-0.4, -0.2) is 18.3 Å². The van der Waals surface area contributed by atoms with Crippen molar-refractivity contribution in [2.75, 3.05) is 5.32 Å². The zero-order valence-electron chi connectivity index (χ0n) is 13.6. The zero-order valence-corrected chi connectivity index (χ0v) is 13.6. The van der Waals surface area contributed by atoms with Crippen LogP contribution in [0.2, 0.25) is 0 Å². The Kier molecular flexibility index (Phi) is 5.71. The molecule has 0 saturated carbocycles. The summed E-state index contributed by atoms with van der Waals surface area (Å²) in [5.74, 6) is -0.712. The molecule has 0 aliphatic rings. The van der Waals surface area contributed by atoms with E-state index in [1.54, 1.807) is 6.92 Å². The van der Waals surface area contributed by atoms with Crippen molar-refractivity contribution in [2.45, 2.75) is 19.3 Å². The molecule has 138 valence electrons. The summed E-state index contributed by atoms with van der Waals surface area (Å²) >= 11 is 0. The van der Waals surface area contributed by atoms with Crippen molar-refractivity contribution >= 4 is 17.6 Å². The van der Waals surface area contributed by atoms with Gasteiger partial charge in [-0.3, -0.25) is 4.79 Å². The number of benzene rings is 2. The lowest BCUT2D eigenvalue weighted by atomic mass is 10.1. The Morgan fingerprint density at radius 2 is 1.62 bits per heavy atom. The standard InChI is InChI=1S/C17H16F3N3O3/c1-10(11-4-8-14(9-5-11)26-17(18,19)20)22-15(24)12-2-6-13(7-3-12)23-16(21)25/h2-10H,1H3,(H,22,24)(H3,21,23,25)/t10-/m1/s1. The molecule has 0 bridgehead atoms. The first kappa shape index (κ1) is 19.1.